The Morgan fingerprint density at radius 2 is 1.60 bits per heavy atom. The number of hydrogen-bond acceptors (Lipinski definition) is 0. The molecule has 1 atom stereocenters. The molecule has 20 heavy (non-hydrogen) atoms. The summed E-state index contributed by atoms with van der Waals surface area (Å²) in [4.78, 5) is 0. The summed E-state index contributed by atoms with van der Waals surface area (Å²) < 4.78 is 1.04. The highest BCUT2D eigenvalue weighted by atomic mass is 79.9. The van der Waals surface area contributed by atoms with Crippen LogP contribution >= 0.6 is 31.9 Å². The molecule has 3 rings (SSSR count). The Labute approximate surface area is 136 Å². The highest BCUT2D eigenvalue weighted by Gasteiger charge is 2.26. The molecule has 0 radical (unpaired) electrons. The van der Waals surface area contributed by atoms with Crippen molar-refractivity contribution < 1.29 is 0 Å². The molecule has 0 aromatic heterocycles. The molecule has 2 aromatic carbocycles. The van der Waals surface area contributed by atoms with Gasteiger partial charge in [-0.25, -0.2) is 0 Å². The second-order valence-electron chi connectivity index (χ2n) is 4.93. The van der Waals surface area contributed by atoms with E-state index in [1.54, 1.807) is 0 Å². The molecule has 0 spiro atoms. The first-order valence-electron chi connectivity index (χ1n) is 6.57. The number of allylic oxidation sites excluding steroid dienone is 4. The van der Waals surface area contributed by atoms with Crippen LogP contribution in [0.3, 0.4) is 0 Å². The lowest BCUT2D eigenvalue weighted by Crippen LogP contribution is -2.16. The molecule has 0 unspecified atom stereocenters. The molecule has 1 aliphatic carbocycles. The van der Waals surface area contributed by atoms with E-state index < -0.39 is 0 Å². The van der Waals surface area contributed by atoms with Crippen molar-refractivity contribution in [2.24, 2.45) is 0 Å². The predicted octanol–water partition coefficient (Wildman–Crippen LogP) is 6.08. The quantitative estimate of drug-likeness (QED) is 0.545. The number of hydrogen-bond donors (Lipinski definition) is 0. The molecule has 2 heteroatoms. The first-order valence-corrected chi connectivity index (χ1v) is 8.16. The Balaban J connectivity index is 1.85. The van der Waals surface area contributed by atoms with Gasteiger partial charge in [-0.15, -0.1) is 0 Å². The average molecular weight is 390 g/mol. The van der Waals surface area contributed by atoms with Crippen molar-refractivity contribution in [3.05, 3.63) is 88.4 Å². The van der Waals surface area contributed by atoms with Gasteiger partial charge in [0.1, 0.15) is 0 Å². The maximum atomic E-state index is 3.88. The molecule has 0 N–H and O–H groups in total. The molecule has 0 aliphatic heterocycles. The standard InChI is InChI=1S/C18H14Br2/c19-17-8-6-14(7-9-17)15-10-12-18(20,13-11-15)16-4-2-1-3-5-16/h1-12H,13H2/t18-/m1/s1. The van der Waals surface area contributed by atoms with Crippen molar-refractivity contribution in [1.29, 1.82) is 0 Å². The average Bonchev–Trinajstić information content (AvgIpc) is 2.50. The Morgan fingerprint density at radius 1 is 0.900 bits per heavy atom. The summed E-state index contributed by atoms with van der Waals surface area (Å²) in [5.74, 6) is 0. The molecule has 0 heterocycles. The van der Waals surface area contributed by atoms with Crippen LogP contribution in [-0.4, -0.2) is 0 Å². The van der Waals surface area contributed by atoms with Crippen LogP contribution in [0.1, 0.15) is 17.5 Å². The van der Waals surface area contributed by atoms with Crippen LogP contribution < -0.4 is 0 Å². The Hall–Kier alpha value is -1.12. The van der Waals surface area contributed by atoms with E-state index in [-0.39, 0.29) is 4.32 Å². The third-order valence-electron chi connectivity index (χ3n) is 3.58. The van der Waals surface area contributed by atoms with Gasteiger partial charge < -0.3 is 0 Å². The normalized spacial score (nSPS) is 21.6. The monoisotopic (exact) mass is 388 g/mol. The second-order valence-corrected chi connectivity index (χ2v) is 7.26. The van der Waals surface area contributed by atoms with Crippen LogP contribution in [-0.2, 0) is 4.32 Å². The van der Waals surface area contributed by atoms with E-state index >= 15 is 0 Å². The molecule has 0 nitrogen and oxygen atoms in total. The third-order valence-corrected chi connectivity index (χ3v) is 5.15. The highest BCUT2D eigenvalue weighted by molar-refractivity contribution is 9.10. The minimum Gasteiger partial charge on any atom is -0.0752 e. The van der Waals surface area contributed by atoms with E-state index in [0.717, 1.165) is 10.9 Å². The maximum absolute atomic E-state index is 3.88. The molecule has 2 aromatic rings. The van der Waals surface area contributed by atoms with Crippen molar-refractivity contribution in [1.82, 2.24) is 0 Å². The van der Waals surface area contributed by atoms with Gasteiger partial charge in [-0.05, 0) is 35.3 Å². The van der Waals surface area contributed by atoms with Crippen molar-refractivity contribution in [3.63, 3.8) is 0 Å². The van der Waals surface area contributed by atoms with Crippen molar-refractivity contribution in [3.8, 4) is 0 Å². The van der Waals surface area contributed by atoms with E-state index in [0.29, 0.717) is 0 Å². The lowest BCUT2D eigenvalue weighted by Gasteiger charge is -2.26. The minimum absolute atomic E-state index is 0.0763. The van der Waals surface area contributed by atoms with Gasteiger partial charge >= 0.3 is 0 Å². The predicted molar refractivity (Wildman–Crippen MR) is 92.9 cm³/mol. The smallest absolute Gasteiger partial charge is 0.0723 e. The second kappa shape index (κ2) is 5.71. The third kappa shape index (κ3) is 2.82. The molecule has 0 bridgehead atoms. The van der Waals surface area contributed by atoms with E-state index in [4.69, 9.17) is 0 Å². The van der Waals surface area contributed by atoms with Crippen molar-refractivity contribution in [2.45, 2.75) is 10.7 Å². The van der Waals surface area contributed by atoms with E-state index in [2.05, 4.69) is 105 Å². The summed E-state index contributed by atoms with van der Waals surface area (Å²) in [6, 6.07) is 19.0. The van der Waals surface area contributed by atoms with Crippen molar-refractivity contribution >= 4 is 37.4 Å². The first-order chi connectivity index (χ1) is 9.67. The number of rotatable bonds is 2. The maximum Gasteiger partial charge on any atom is 0.0723 e. The summed E-state index contributed by atoms with van der Waals surface area (Å²) in [6.45, 7) is 0. The van der Waals surface area contributed by atoms with Gasteiger partial charge in [-0.3, -0.25) is 0 Å². The van der Waals surface area contributed by atoms with Gasteiger partial charge in [0, 0.05) is 4.47 Å². The van der Waals surface area contributed by atoms with Gasteiger partial charge in [-0.1, -0.05) is 92.6 Å². The number of benzene rings is 2. The fraction of sp³-hybridized carbons (Fsp3) is 0.111. The number of halogens is 2. The molecule has 100 valence electrons. The fourth-order valence-electron chi connectivity index (χ4n) is 2.40. The molecule has 0 saturated heterocycles. The van der Waals surface area contributed by atoms with E-state index in [9.17, 15) is 0 Å². The van der Waals surface area contributed by atoms with E-state index in [1.165, 1.54) is 16.7 Å². The molecule has 1 aliphatic rings. The summed E-state index contributed by atoms with van der Waals surface area (Å²) in [5.41, 5.74) is 3.83. The highest BCUT2D eigenvalue weighted by Crippen LogP contribution is 2.41. The molecular formula is C18H14Br2. The van der Waals surface area contributed by atoms with Crippen LogP contribution in [0.25, 0.3) is 5.57 Å². The summed E-state index contributed by atoms with van der Waals surface area (Å²) in [5, 5.41) is 0. The fourth-order valence-corrected chi connectivity index (χ4v) is 3.22. The van der Waals surface area contributed by atoms with Crippen LogP contribution in [0.15, 0.2) is 77.3 Å². The van der Waals surface area contributed by atoms with Gasteiger partial charge in [0.25, 0.3) is 0 Å². The Morgan fingerprint density at radius 3 is 2.20 bits per heavy atom. The zero-order valence-corrected chi connectivity index (χ0v) is 14.1. The van der Waals surface area contributed by atoms with Crippen LogP contribution in [0.2, 0.25) is 0 Å². The molecule has 0 saturated carbocycles. The van der Waals surface area contributed by atoms with E-state index in [1.807, 2.05) is 0 Å². The Kier molecular flexibility index (Phi) is 3.95. The van der Waals surface area contributed by atoms with Crippen molar-refractivity contribution in [2.75, 3.05) is 0 Å². The number of alkyl halides is 1. The summed E-state index contributed by atoms with van der Waals surface area (Å²) >= 11 is 7.35. The van der Waals surface area contributed by atoms with Gasteiger partial charge in [0.05, 0.1) is 4.32 Å². The lowest BCUT2D eigenvalue weighted by atomic mass is 9.88. The largest absolute Gasteiger partial charge is 0.0752 e. The molecule has 0 fully saturated rings. The minimum atomic E-state index is -0.0763. The van der Waals surface area contributed by atoms with Gasteiger partial charge in [-0.2, -0.15) is 0 Å². The summed E-state index contributed by atoms with van der Waals surface area (Å²) in [7, 11) is 0. The zero-order chi connectivity index (χ0) is 14.0. The Bertz CT molecular complexity index is 654. The molecule has 0 amide bonds. The topological polar surface area (TPSA) is 0 Å². The zero-order valence-electron chi connectivity index (χ0n) is 10.9. The lowest BCUT2D eigenvalue weighted by molar-refractivity contribution is 0.800. The first kappa shape index (κ1) is 13.8. The summed E-state index contributed by atoms with van der Waals surface area (Å²) in [6.07, 6.45) is 7.71. The van der Waals surface area contributed by atoms with Crippen LogP contribution in [0.4, 0.5) is 0 Å². The molecular weight excluding hydrogens is 376 g/mol. The van der Waals surface area contributed by atoms with Crippen LogP contribution in [0.5, 0.6) is 0 Å². The van der Waals surface area contributed by atoms with Crippen LogP contribution in [0, 0.1) is 0 Å². The van der Waals surface area contributed by atoms with Gasteiger partial charge in [0.15, 0.2) is 0 Å². The van der Waals surface area contributed by atoms with Gasteiger partial charge in [0.2, 0.25) is 0 Å². The SMILES string of the molecule is Brc1ccc(C2=CC[C@@](Br)(c3ccccc3)C=C2)cc1.